The molecule has 0 aromatic heterocycles. The second kappa shape index (κ2) is 9.67. The number of urea groups is 1. The van der Waals surface area contributed by atoms with Crippen molar-refractivity contribution in [3.63, 3.8) is 0 Å². The van der Waals surface area contributed by atoms with E-state index in [9.17, 15) is 9.59 Å². The van der Waals surface area contributed by atoms with Gasteiger partial charge < -0.3 is 5.32 Å². The molecule has 1 fully saturated rings. The van der Waals surface area contributed by atoms with Crippen LogP contribution in [-0.2, 0) is 4.79 Å². The number of hydrazine groups is 1. The van der Waals surface area contributed by atoms with Crippen LogP contribution in [0, 0.1) is 0 Å². The van der Waals surface area contributed by atoms with Crippen molar-refractivity contribution in [1.82, 2.24) is 10.4 Å². The predicted octanol–water partition coefficient (Wildman–Crippen LogP) is 5.91. The maximum Gasteiger partial charge on any atom is 0.338 e. The molecule has 1 aliphatic heterocycles. The van der Waals surface area contributed by atoms with Gasteiger partial charge in [-0.05, 0) is 54.2 Å². The van der Waals surface area contributed by atoms with Crippen LogP contribution in [0.1, 0.15) is 42.3 Å². The number of hydrogen-bond acceptors (Lipinski definition) is 2. The molecule has 0 spiro atoms. The fraction of sp³-hybridized carbons (Fsp3) is 0.200. The summed E-state index contributed by atoms with van der Waals surface area (Å²) in [5.41, 5.74) is 5.60. The van der Waals surface area contributed by atoms with Crippen LogP contribution in [0.4, 0.5) is 10.5 Å². The third-order valence-electron chi connectivity index (χ3n) is 5.57. The minimum absolute atomic E-state index is 0.0986. The summed E-state index contributed by atoms with van der Waals surface area (Å²) in [6.07, 6.45) is 1.83. The number of nitrogens with zero attached hydrogens (tertiary/aromatic N) is 1. The third-order valence-corrected chi connectivity index (χ3v) is 5.83. The summed E-state index contributed by atoms with van der Waals surface area (Å²) in [6, 6.07) is 26.2. The first-order chi connectivity index (χ1) is 15.1. The minimum Gasteiger partial charge on any atom is -0.307 e. The molecular formula is C25H24ClN3O2. The van der Waals surface area contributed by atoms with Crippen LogP contribution in [0.3, 0.4) is 0 Å². The Labute approximate surface area is 187 Å². The summed E-state index contributed by atoms with van der Waals surface area (Å²) in [4.78, 5) is 25.8. The molecule has 1 saturated heterocycles. The van der Waals surface area contributed by atoms with Crippen LogP contribution < -0.4 is 10.7 Å². The number of rotatable bonds is 4. The zero-order valence-corrected chi connectivity index (χ0v) is 17.8. The molecule has 4 rings (SSSR count). The number of carbonyl (C=O) groups is 2. The number of amides is 3. The lowest BCUT2D eigenvalue weighted by atomic mass is 9.87. The first-order valence-electron chi connectivity index (χ1n) is 10.4. The summed E-state index contributed by atoms with van der Waals surface area (Å²) in [7, 11) is 0. The Balaban J connectivity index is 1.58. The lowest BCUT2D eigenvalue weighted by Crippen LogP contribution is -2.49. The second-order valence-corrected chi connectivity index (χ2v) is 8.08. The Morgan fingerprint density at radius 2 is 1.48 bits per heavy atom. The molecule has 2 N–H and O–H groups in total. The van der Waals surface area contributed by atoms with Crippen molar-refractivity contribution >= 4 is 29.2 Å². The smallest absolute Gasteiger partial charge is 0.307 e. The predicted molar refractivity (Wildman–Crippen MR) is 123 cm³/mol. The average molecular weight is 434 g/mol. The van der Waals surface area contributed by atoms with Crippen LogP contribution in [-0.4, -0.2) is 16.9 Å². The van der Waals surface area contributed by atoms with Gasteiger partial charge in [-0.3, -0.25) is 4.79 Å². The highest BCUT2D eigenvalue weighted by Gasteiger charge is 2.33. The monoisotopic (exact) mass is 433 g/mol. The highest BCUT2D eigenvalue weighted by molar-refractivity contribution is 6.30. The van der Waals surface area contributed by atoms with E-state index in [2.05, 4.69) is 22.9 Å². The Morgan fingerprint density at radius 3 is 2.13 bits per heavy atom. The fourth-order valence-corrected chi connectivity index (χ4v) is 4.14. The van der Waals surface area contributed by atoms with E-state index in [1.807, 2.05) is 48.5 Å². The van der Waals surface area contributed by atoms with Crippen molar-refractivity contribution in [3.8, 4) is 0 Å². The molecule has 6 heteroatoms. The Hall–Kier alpha value is -3.31. The van der Waals surface area contributed by atoms with Gasteiger partial charge >= 0.3 is 6.03 Å². The van der Waals surface area contributed by atoms with E-state index >= 15 is 0 Å². The molecule has 3 amide bonds. The SMILES string of the molecule is O=C(Nc1ccc(Cl)cc1)NN1C(=O)CCC(c2ccccc2)CC1c1ccccc1. The van der Waals surface area contributed by atoms with E-state index in [4.69, 9.17) is 11.6 Å². The zero-order chi connectivity index (χ0) is 21.6. The van der Waals surface area contributed by atoms with E-state index in [0.29, 0.717) is 17.1 Å². The van der Waals surface area contributed by atoms with Gasteiger partial charge in [-0.2, -0.15) is 0 Å². The van der Waals surface area contributed by atoms with Gasteiger partial charge in [0.2, 0.25) is 5.91 Å². The van der Waals surface area contributed by atoms with Crippen molar-refractivity contribution in [3.05, 3.63) is 101 Å². The Kier molecular flexibility index (Phi) is 6.53. The molecule has 31 heavy (non-hydrogen) atoms. The highest BCUT2D eigenvalue weighted by atomic mass is 35.5. The van der Waals surface area contributed by atoms with Gasteiger partial charge in [0.25, 0.3) is 0 Å². The Morgan fingerprint density at radius 1 is 0.871 bits per heavy atom. The molecule has 0 radical (unpaired) electrons. The molecule has 1 heterocycles. The number of benzene rings is 3. The van der Waals surface area contributed by atoms with Gasteiger partial charge in [-0.25, -0.2) is 15.2 Å². The van der Waals surface area contributed by atoms with Gasteiger partial charge in [-0.1, -0.05) is 72.3 Å². The standard InChI is InChI=1S/C25H24ClN3O2/c26-21-12-14-22(15-13-21)27-25(31)28-29-23(19-9-5-2-6-10-19)17-20(11-16-24(29)30)18-7-3-1-4-8-18/h1-10,12-15,20,23H,11,16-17H2,(H2,27,28,31). The first kappa shape index (κ1) is 20.9. The molecule has 0 saturated carbocycles. The van der Waals surface area contributed by atoms with Crippen LogP contribution in [0.25, 0.3) is 0 Å². The van der Waals surface area contributed by atoms with E-state index in [-0.39, 0.29) is 17.9 Å². The van der Waals surface area contributed by atoms with E-state index in [1.54, 1.807) is 24.3 Å². The van der Waals surface area contributed by atoms with Crippen LogP contribution in [0.5, 0.6) is 0 Å². The summed E-state index contributed by atoms with van der Waals surface area (Å²) >= 11 is 5.91. The number of carbonyl (C=O) groups excluding carboxylic acids is 2. The van der Waals surface area contributed by atoms with Crippen molar-refractivity contribution < 1.29 is 9.59 Å². The molecule has 0 bridgehead atoms. The Bertz CT molecular complexity index is 1030. The summed E-state index contributed by atoms with van der Waals surface area (Å²) in [5, 5.41) is 4.85. The van der Waals surface area contributed by atoms with Gasteiger partial charge in [0.05, 0.1) is 6.04 Å². The lowest BCUT2D eigenvalue weighted by Gasteiger charge is -2.31. The molecular weight excluding hydrogens is 410 g/mol. The molecule has 1 aliphatic rings. The summed E-state index contributed by atoms with van der Waals surface area (Å²) in [5.74, 6) is 0.125. The van der Waals surface area contributed by atoms with Crippen molar-refractivity contribution in [2.24, 2.45) is 0 Å². The van der Waals surface area contributed by atoms with Crippen molar-refractivity contribution in [2.45, 2.75) is 31.2 Å². The van der Waals surface area contributed by atoms with Crippen molar-refractivity contribution in [1.29, 1.82) is 0 Å². The van der Waals surface area contributed by atoms with Gasteiger partial charge in [0, 0.05) is 17.1 Å². The van der Waals surface area contributed by atoms with E-state index < -0.39 is 6.03 Å². The van der Waals surface area contributed by atoms with Crippen LogP contribution >= 0.6 is 11.6 Å². The number of hydrogen-bond donors (Lipinski definition) is 2. The van der Waals surface area contributed by atoms with E-state index in [1.165, 1.54) is 10.6 Å². The average Bonchev–Trinajstić information content (AvgIpc) is 2.96. The molecule has 0 aliphatic carbocycles. The molecule has 5 nitrogen and oxygen atoms in total. The quantitative estimate of drug-likeness (QED) is 0.537. The maximum atomic E-state index is 13.1. The summed E-state index contributed by atoms with van der Waals surface area (Å²) < 4.78 is 0. The zero-order valence-electron chi connectivity index (χ0n) is 17.0. The molecule has 3 aromatic rings. The number of nitrogens with one attached hydrogen (secondary N) is 2. The minimum atomic E-state index is -0.463. The normalized spacial score (nSPS) is 18.9. The molecule has 3 aromatic carbocycles. The van der Waals surface area contributed by atoms with Gasteiger partial charge in [0.1, 0.15) is 0 Å². The van der Waals surface area contributed by atoms with Gasteiger partial charge in [-0.15, -0.1) is 0 Å². The number of halogens is 1. The van der Waals surface area contributed by atoms with Gasteiger partial charge in [0.15, 0.2) is 0 Å². The molecule has 158 valence electrons. The fourth-order valence-electron chi connectivity index (χ4n) is 4.01. The topological polar surface area (TPSA) is 61.4 Å². The number of anilines is 1. The maximum absolute atomic E-state index is 13.1. The van der Waals surface area contributed by atoms with E-state index in [0.717, 1.165) is 18.4 Å². The third kappa shape index (κ3) is 5.25. The second-order valence-electron chi connectivity index (χ2n) is 7.65. The molecule has 2 atom stereocenters. The van der Waals surface area contributed by atoms with Crippen molar-refractivity contribution in [2.75, 3.05) is 5.32 Å². The first-order valence-corrected chi connectivity index (χ1v) is 10.7. The highest BCUT2D eigenvalue weighted by Crippen LogP contribution is 2.38. The van der Waals surface area contributed by atoms with Crippen LogP contribution in [0.15, 0.2) is 84.9 Å². The van der Waals surface area contributed by atoms with Crippen LogP contribution in [0.2, 0.25) is 5.02 Å². The lowest BCUT2D eigenvalue weighted by molar-refractivity contribution is -0.135. The summed E-state index contributed by atoms with van der Waals surface area (Å²) in [6.45, 7) is 0. The largest absolute Gasteiger partial charge is 0.338 e. The molecule has 2 unspecified atom stereocenters.